The van der Waals surface area contributed by atoms with Crippen molar-refractivity contribution in [2.45, 2.75) is 49.6 Å². The van der Waals surface area contributed by atoms with Gasteiger partial charge in [0.15, 0.2) is 5.78 Å². The summed E-state index contributed by atoms with van der Waals surface area (Å²) in [6, 6.07) is 13.4. The summed E-state index contributed by atoms with van der Waals surface area (Å²) in [4.78, 5) is 20.3. The number of likely N-dealkylation sites (tertiary alicyclic amines) is 1. The number of halogens is 1. The molecule has 2 fully saturated rings. The second-order valence-corrected chi connectivity index (χ2v) is 9.92. The third-order valence-corrected chi connectivity index (χ3v) is 8.20. The van der Waals surface area contributed by atoms with Gasteiger partial charge in [0.2, 0.25) is 0 Å². The highest BCUT2D eigenvalue weighted by atomic mass is 19.1. The predicted molar refractivity (Wildman–Crippen MR) is 122 cm³/mol. The lowest BCUT2D eigenvalue weighted by Gasteiger charge is -2.46. The number of hydrogen-bond acceptors (Lipinski definition) is 4. The number of Topliss-reactive ketones (excluding diaryl/α,β-unsaturated/α-hetero) is 1. The molecular formula is C26H30FN3O. The molecule has 4 aliphatic rings. The Morgan fingerprint density at radius 3 is 2.74 bits per heavy atom. The molecule has 5 heteroatoms. The fourth-order valence-corrected chi connectivity index (χ4v) is 6.24. The van der Waals surface area contributed by atoms with Crippen LogP contribution in [0.1, 0.15) is 53.9 Å². The van der Waals surface area contributed by atoms with Crippen molar-refractivity contribution in [3.63, 3.8) is 0 Å². The molecule has 4 nitrogen and oxygen atoms in total. The quantitative estimate of drug-likeness (QED) is 0.669. The highest BCUT2D eigenvalue weighted by Gasteiger charge is 2.56. The van der Waals surface area contributed by atoms with E-state index in [0.717, 1.165) is 26.1 Å². The molecule has 6 rings (SSSR count). The molecular weight excluding hydrogens is 389 g/mol. The number of rotatable bonds is 5. The molecule has 3 heterocycles. The first-order chi connectivity index (χ1) is 15.1. The molecule has 1 saturated heterocycles. The predicted octanol–water partition coefficient (Wildman–Crippen LogP) is 4.45. The first-order valence-corrected chi connectivity index (χ1v) is 11.7. The van der Waals surface area contributed by atoms with Gasteiger partial charge in [-0.1, -0.05) is 12.1 Å². The van der Waals surface area contributed by atoms with Gasteiger partial charge in [-0.3, -0.25) is 4.79 Å². The average molecular weight is 420 g/mol. The summed E-state index contributed by atoms with van der Waals surface area (Å²) in [6.45, 7) is 4.32. The van der Waals surface area contributed by atoms with Crippen molar-refractivity contribution in [1.82, 2.24) is 4.90 Å². The van der Waals surface area contributed by atoms with Crippen LogP contribution in [-0.2, 0) is 0 Å². The van der Waals surface area contributed by atoms with Crippen LogP contribution in [0.4, 0.5) is 15.8 Å². The smallest absolute Gasteiger partial charge is 0.162 e. The topological polar surface area (TPSA) is 26.8 Å². The Bertz CT molecular complexity index is 1020. The molecule has 0 N–H and O–H groups in total. The zero-order valence-corrected chi connectivity index (χ0v) is 18.2. The molecule has 0 amide bonds. The summed E-state index contributed by atoms with van der Waals surface area (Å²) in [6.07, 6.45) is 5.21. The van der Waals surface area contributed by atoms with Crippen LogP contribution in [0.3, 0.4) is 0 Å². The zero-order valence-electron chi connectivity index (χ0n) is 18.2. The second kappa shape index (κ2) is 7.06. The van der Waals surface area contributed by atoms with Crippen molar-refractivity contribution in [3.05, 3.63) is 59.4 Å². The van der Waals surface area contributed by atoms with Crippen LogP contribution in [0.5, 0.6) is 0 Å². The van der Waals surface area contributed by atoms with E-state index in [1.54, 1.807) is 12.1 Å². The fraction of sp³-hybridized carbons (Fsp3) is 0.500. The Kier molecular flexibility index (Phi) is 4.39. The summed E-state index contributed by atoms with van der Waals surface area (Å²) in [5.74, 6) is 0.385. The number of nitrogens with zero attached hydrogens (tertiary/aromatic N) is 3. The van der Waals surface area contributed by atoms with E-state index in [1.165, 1.54) is 54.9 Å². The molecule has 1 spiro atoms. The largest absolute Gasteiger partial charge is 0.365 e. The third-order valence-electron chi connectivity index (χ3n) is 8.20. The molecule has 2 aromatic rings. The van der Waals surface area contributed by atoms with Gasteiger partial charge in [0.05, 0.1) is 16.9 Å². The van der Waals surface area contributed by atoms with Crippen LogP contribution in [0.25, 0.3) is 0 Å². The van der Waals surface area contributed by atoms with Gasteiger partial charge < -0.3 is 14.7 Å². The van der Waals surface area contributed by atoms with Gasteiger partial charge in [0, 0.05) is 50.6 Å². The monoisotopic (exact) mass is 419 g/mol. The normalized spacial score (nSPS) is 25.5. The maximum atomic E-state index is 13.1. The standard InChI is InChI=1S/C26H30FN3O/c1-28-23-5-2-4-20-21-16-29(14-3-6-24(31)18-7-9-19(27)10-8-18)15-11-22(21)30(25(20)23)17-26(28)12-13-26/h2,4-5,7-10,21-22H,3,6,11-17H2,1H3/t21-,22-/m0/s1. The molecule has 0 unspecified atom stereocenters. The minimum atomic E-state index is -0.295. The van der Waals surface area contributed by atoms with E-state index in [0.29, 0.717) is 29.5 Å². The number of likely N-dealkylation sites (N-methyl/N-ethyl adjacent to an activating group) is 1. The lowest BCUT2D eigenvalue weighted by molar-refractivity contribution is 0.0971. The first kappa shape index (κ1) is 19.3. The summed E-state index contributed by atoms with van der Waals surface area (Å²) in [5.41, 5.74) is 5.43. The van der Waals surface area contributed by atoms with Crippen molar-refractivity contribution < 1.29 is 9.18 Å². The van der Waals surface area contributed by atoms with Crippen LogP contribution in [0.15, 0.2) is 42.5 Å². The van der Waals surface area contributed by atoms with Crippen molar-refractivity contribution in [2.24, 2.45) is 0 Å². The Balaban J connectivity index is 1.13. The van der Waals surface area contributed by atoms with Gasteiger partial charge in [0.25, 0.3) is 0 Å². The Morgan fingerprint density at radius 1 is 1.16 bits per heavy atom. The van der Waals surface area contributed by atoms with E-state index in [-0.39, 0.29) is 11.6 Å². The molecule has 1 saturated carbocycles. The molecule has 2 atom stereocenters. The Hall–Kier alpha value is -2.40. The second-order valence-electron chi connectivity index (χ2n) is 9.92. The molecule has 0 radical (unpaired) electrons. The maximum Gasteiger partial charge on any atom is 0.162 e. The molecule has 0 bridgehead atoms. The van der Waals surface area contributed by atoms with Crippen LogP contribution in [0.2, 0.25) is 0 Å². The van der Waals surface area contributed by atoms with Gasteiger partial charge >= 0.3 is 0 Å². The highest BCUT2D eigenvalue weighted by molar-refractivity contribution is 5.96. The molecule has 3 aliphatic heterocycles. The van der Waals surface area contributed by atoms with Crippen molar-refractivity contribution >= 4 is 17.2 Å². The molecule has 31 heavy (non-hydrogen) atoms. The summed E-state index contributed by atoms with van der Waals surface area (Å²) in [7, 11) is 2.28. The van der Waals surface area contributed by atoms with Crippen LogP contribution in [-0.4, -0.2) is 55.5 Å². The third kappa shape index (κ3) is 3.08. The SMILES string of the molecule is CN1c2cccc3c2N(CC12CC2)[C@H]1CCN(CCCC(=O)c2ccc(F)cc2)C[C@@H]31. The average Bonchev–Trinajstić information content (AvgIpc) is 3.50. The van der Waals surface area contributed by atoms with E-state index in [4.69, 9.17) is 0 Å². The summed E-state index contributed by atoms with van der Waals surface area (Å²) >= 11 is 0. The van der Waals surface area contributed by atoms with Gasteiger partial charge in [-0.25, -0.2) is 4.39 Å². The van der Waals surface area contributed by atoms with Crippen molar-refractivity contribution in [1.29, 1.82) is 0 Å². The Labute approximate surface area is 183 Å². The number of para-hydroxylation sites is 1. The van der Waals surface area contributed by atoms with E-state index >= 15 is 0 Å². The maximum absolute atomic E-state index is 13.1. The van der Waals surface area contributed by atoms with E-state index in [1.807, 2.05) is 0 Å². The lowest BCUT2D eigenvalue weighted by atomic mass is 9.89. The summed E-state index contributed by atoms with van der Waals surface area (Å²) < 4.78 is 13.1. The van der Waals surface area contributed by atoms with E-state index in [2.05, 4.69) is 39.9 Å². The summed E-state index contributed by atoms with van der Waals surface area (Å²) in [5, 5.41) is 0. The minimum Gasteiger partial charge on any atom is -0.365 e. The zero-order chi connectivity index (χ0) is 21.2. The highest BCUT2D eigenvalue weighted by Crippen LogP contribution is 2.57. The number of ketones is 1. The molecule has 162 valence electrons. The molecule has 2 aromatic carbocycles. The lowest BCUT2D eigenvalue weighted by Crippen LogP contribution is -2.54. The van der Waals surface area contributed by atoms with Gasteiger partial charge in [0.1, 0.15) is 5.82 Å². The van der Waals surface area contributed by atoms with E-state index < -0.39 is 0 Å². The fourth-order valence-electron chi connectivity index (χ4n) is 6.24. The number of carbonyl (C=O) groups is 1. The number of piperidine rings is 1. The number of carbonyl (C=O) groups excluding carboxylic acids is 1. The number of fused-ring (bicyclic) bond motifs is 3. The van der Waals surface area contributed by atoms with Gasteiger partial charge in [-0.2, -0.15) is 0 Å². The molecule has 1 aliphatic carbocycles. The number of hydrogen-bond donors (Lipinski definition) is 0. The minimum absolute atomic E-state index is 0.112. The van der Waals surface area contributed by atoms with Crippen LogP contribution in [0, 0.1) is 5.82 Å². The number of benzene rings is 2. The Morgan fingerprint density at radius 2 is 1.97 bits per heavy atom. The molecule has 0 aromatic heterocycles. The number of anilines is 2. The first-order valence-electron chi connectivity index (χ1n) is 11.7. The van der Waals surface area contributed by atoms with Crippen LogP contribution < -0.4 is 9.80 Å². The van der Waals surface area contributed by atoms with E-state index in [9.17, 15) is 9.18 Å². The van der Waals surface area contributed by atoms with Crippen LogP contribution >= 0.6 is 0 Å². The van der Waals surface area contributed by atoms with Gasteiger partial charge in [-0.05, 0) is 68.1 Å². The van der Waals surface area contributed by atoms with Crippen molar-refractivity contribution in [3.8, 4) is 0 Å². The van der Waals surface area contributed by atoms with Gasteiger partial charge in [-0.15, -0.1) is 0 Å². The van der Waals surface area contributed by atoms with Crippen molar-refractivity contribution in [2.75, 3.05) is 43.0 Å².